The van der Waals surface area contributed by atoms with E-state index in [1.807, 2.05) is 0 Å². The standard InChI is InChI=1S/C13H17ClN2O3S/c1-8-10(14)5-9(6-11(8)20(15,18)19)12(17)16-7-13(2)3-4-13/h5-6H,3-4,7H2,1-2H3,(H,16,17)(H2,15,18,19). The van der Waals surface area contributed by atoms with Crippen molar-refractivity contribution in [2.24, 2.45) is 10.6 Å². The van der Waals surface area contributed by atoms with Crippen LogP contribution >= 0.6 is 11.6 Å². The first-order valence-corrected chi connectivity index (χ1v) is 8.16. The molecule has 0 aromatic heterocycles. The minimum Gasteiger partial charge on any atom is -0.351 e. The van der Waals surface area contributed by atoms with Gasteiger partial charge in [0.15, 0.2) is 0 Å². The number of carbonyl (C=O) groups excluding carboxylic acids is 1. The second-order valence-corrected chi connectivity index (χ2v) is 7.56. The van der Waals surface area contributed by atoms with Crippen LogP contribution < -0.4 is 10.5 Å². The summed E-state index contributed by atoms with van der Waals surface area (Å²) in [5.74, 6) is -0.343. The number of benzene rings is 1. The van der Waals surface area contributed by atoms with Gasteiger partial charge in [0, 0.05) is 17.1 Å². The molecule has 2 rings (SSSR count). The van der Waals surface area contributed by atoms with Crippen molar-refractivity contribution in [3.05, 3.63) is 28.3 Å². The van der Waals surface area contributed by atoms with E-state index in [0.29, 0.717) is 12.1 Å². The molecule has 5 nitrogen and oxygen atoms in total. The Balaban J connectivity index is 2.28. The number of amides is 1. The number of carbonyl (C=O) groups is 1. The number of halogens is 1. The van der Waals surface area contributed by atoms with Crippen LogP contribution in [0, 0.1) is 12.3 Å². The van der Waals surface area contributed by atoms with Gasteiger partial charge in [-0.15, -0.1) is 0 Å². The quantitative estimate of drug-likeness (QED) is 0.888. The van der Waals surface area contributed by atoms with Gasteiger partial charge in [0.1, 0.15) is 0 Å². The third-order valence-electron chi connectivity index (χ3n) is 3.64. The van der Waals surface area contributed by atoms with Gasteiger partial charge >= 0.3 is 0 Å². The summed E-state index contributed by atoms with van der Waals surface area (Å²) in [4.78, 5) is 11.9. The Morgan fingerprint density at radius 2 is 2.05 bits per heavy atom. The van der Waals surface area contributed by atoms with Crippen molar-refractivity contribution in [3.8, 4) is 0 Å². The van der Waals surface area contributed by atoms with Gasteiger partial charge in [-0.1, -0.05) is 18.5 Å². The normalized spacial score (nSPS) is 16.8. The molecule has 0 bridgehead atoms. The molecular weight excluding hydrogens is 300 g/mol. The van der Waals surface area contributed by atoms with Gasteiger partial charge < -0.3 is 5.32 Å². The van der Waals surface area contributed by atoms with Crippen LogP contribution in [0.2, 0.25) is 5.02 Å². The predicted molar refractivity (Wildman–Crippen MR) is 77.2 cm³/mol. The van der Waals surface area contributed by atoms with E-state index in [1.165, 1.54) is 12.1 Å². The summed E-state index contributed by atoms with van der Waals surface area (Å²) in [7, 11) is -3.91. The molecular formula is C13H17ClN2O3S. The van der Waals surface area contributed by atoms with Gasteiger partial charge in [0.05, 0.1) is 4.90 Å². The molecule has 0 atom stereocenters. The lowest BCUT2D eigenvalue weighted by Gasteiger charge is -2.12. The molecule has 1 aliphatic rings. The minimum absolute atomic E-state index is 0.118. The highest BCUT2D eigenvalue weighted by atomic mass is 35.5. The lowest BCUT2D eigenvalue weighted by molar-refractivity contribution is 0.0946. The summed E-state index contributed by atoms with van der Waals surface area (Å²) < 4.78 is 23.0. The lowest BCUT2D eigenvalue weighted by Crippen LogP contribution is -2.29. The fraction of sp³-hybridized carbons (Fsp3) is 0.462. The van der Waals surface area contributed by atoms with Crippen LogP contribution in [0.15, 0.2) is 17.0 Å². The van der Waals surface area contributed by atoms with Crippen molar-refractivity contribution in [1.29, 1.82) is 0 Å². The summed E-state index contributed by atoms with van der Waals surface area (Å²) in [6.07, 6.45) is 2.18. The highest BCUT2D eigenvalue weighted by molar-refractivity contribution is 7.89. The zero-order valence-corrected chi connectivity index (χ0v) is 12.9. The van der Waals surface area contributed by atoms with E-state index in [9.17, 15) is 13.2 Å². The Morgan fingerprint density at radius 3 is 2.55 bits per heavy atom. The molecule has 20 heavy (non-hydrogen) atoms. The van der Waals surface area contributed by atoms with Gasteiger partial charge in [-0.3, -0.25) is 4.79 Å². The number of hydrogen-bond donors (Lipinski definition) is 2. The molecule has 0 unspecified atom stereocenters. The van der Waals surface area contributed by atoms with Gasteiger partial charge in [0.25, 0.3) is 5.91 Å². The first-order chi connectivity index (χ1) is 9.12. The maximum absolute atomic E-state index is 12.1. The number of primary sulfonamides is 1. The van der Waals surface area contributed by atoms with Gasteiger partial charge in [-0.25, -0.2) is 13.6 Å². The van der Waals surface area contributed by atoms with E-state index in [4.69, 9.17) is 16.7 Å². The Morgan fingerprint density at radius 1 is 1.45 bits per heavy atom. The van der Waals surface area contributed by atoms with Gasteiger partial charge in [-0.05, 0) is 42.9 Å². The minimum atomic E-state index is -3.91. The van der Waals surface area contributed by atoms with Crippen molar-refractivity contribution in [1.82, 2.24) is 5.32 Å². The molecule has 1 saturated carbocycles. The third kappa shape index (κ3) is 3.31. The van der Waals surface area contributed by atoms with Crippen molar-refractivity contribution in [2.45, 2.75) is 31.6 Å². The molecule has 1 aromatic carbocycles. The number of rotatable bonds is 4. The van der Waals surface area contributed by atoms with Crippen LogP contribution in [-0.4, -0.2) is 20.9 Å². The first-order valence-electron chi connectivity index (χ1n) is 6.24. The summed E-state index contributed by atoms with van der Waals surface area (Å²) in [5.41, 5.74) is 0.723. The highest BCUT2D eigenvalue weighted by Crippen LogP contribution is 2.44. The number of nitrogens with one attached hydrogen (secondary N) is 1. The average molecular weight is 317 g/mol. The lowest BCUT2D eigenvalue weighted by atomic mass is 10.1. The molecule has 0 heterocycles. The molecule has 3 N–H and O–H groups in total. The van der Waals surface area contributed by atoms with Crippen LogP contribution in [-0.2, 0) is 10.0 Å². The number of sulfonamides is 1. The van der Waals surface area contributed by atoms with Crippen LogP contribution in [0.25, 0.3) is 0 Å². The summed E-state index contributed by atoms with van der Waals surface area (Å²) >= 11 is 5.97. The topological polar surface area (TPSA) is 89.3 Å². The summed E-state index contributed by atoms with van der Waals surface area (Å²) in [6, 6.07) is 2.72. The first kappa shape index (κ1) is 15.3. The zero-order chi connectivity index (χ0) is 15.1. The molecule has 1 fully saturated rings. The van der Waals surface area contributed by atoms with Crippen LogP contribution in [0.1, 0.15) is 35.7 Å². The predicted octanol–water partition coefficient (Wildman–Crippen LogP) is 1.83. The van der Waals surface area contributed by atoms with Crippen molar-refractivity contribution >= 4 is 27.5 Å². The summed E-state index contributed by atoms with van der Waals surface area (Å²) in [6.45, 7) is 4.21. The van der Waals surface area contributed by atoms with Crippen LogP contribution in [0.4, 0.5) is 0 Å². The molecule has 7 heteroatoms. The highest BCUT2D eigenvalue weighted by Gasteiger charge is 2.37. The fourth-order valence-electron chi connectivity index (χ4n) is 1.87. The molecule has 1 aromatic rings. The van der Waals surface area contributed by atoms with Gasteiger partial charge in [0.2, 0.25) is 10.0 Å². The van der Waals surface area contributed by atoms with Crippen LogP contribution in [0.5, 0.6) is 0 Å². The maximum Gasteiger partial charge on any atom is 0.251 e. The van der Waals surface area contributed by atoms with E-state index in [1.54, 1.807) is 6.92 Å². The second kappa shape index (κ2) is 5.02. The van der Waals surface area contributed by atoms with Crippen molar-refractivity contribution < 1.29 is 13.2 Å². The molecule has 110 valence electrons. The number of nitrogens with two attached hydrogens (primary N) is 1. The third-order valence-corrected chi connectivity index (χ3v) is 5.07. The largest absolute Gasteiger partial charge is 0.351 e. The van der Waals surface area contributed by atoms with E-state index < -0.39 is 10.0 Å². The zero-order valence-electron chi connectivity index (χ0n) is 11.4. The summed E-state index contributed by atoms with van der Waals surface area (Å²) in [5, 5.41) is 8.13. The van der Waals surface area contributed by atoms with E-state index in [0.717, 1.165) is 12.8 Å². The van der Waals surface area contributed by atoms with Crippen LogP contribution in [0.3, 0.4) is 0 Å². The Hall–Kier alpha value is -1.11. The van der Waals surface area contributed by atoms with E-state index >= 15 is 0 Å². The number of hydrogen-bond acceptors (Lipinski definition) is 3. The molecule has 0 aliphatic heterocycles. The van der Waals surface area contributed by atoms with E-state index in [-0.39, 0.29) is 26.8 Å². The van der Waals surface area contributed by atoms with E-state index in [2.05, 4.69) is 12.2 Å². The smallest absolute Gasteiger partial charge is 0.251 e. The molecule has 0 spiro atoms. The molecule has 0 saturated heterocycles. The Labute approximate surface area is 123 Å². The molecule has 0 radical (unpaired) electrons. The fourth-order valence-corrected chi connectivity index (χ4v) is 2.97. The maximum atomic E-state index is 12.1. The molecule has 1 amide bonds. The molecule has 1 aliphatic carbocycles. The van der Waals surface area contributed by atoms with Crippen molar-refractivity contribution in [3.63, 3.8) is 0 Å². The monoisotopic (exact) mass is 316 g/mol. The SMILES string of the molecule is Cc1c(Cl)cc(C(=O)NCC2(C)CC2)cc1S(N)(=O)=O. The average Bonchev–Trinajstić information content (AvgIpc) is 3.06. The second-order valence-electron chi connectivity index (χ2n) is 5.62. The Bertz CT molecular complexity index is 666. The van der Waals surface area contributed by atoms with Gasteiger partial charge in [-0.2, -0.15) is 0 Å². The van der Waals surface area contributed by atoms with Crippen molar-refractivity contribution in [2.75, 3.05) is 6.54 Å². The Kier molecular flexibility index (Phi) is 3.83.